The summed E-state index contributed by atoms with van der Waals surface area (Å²) < 4.78 is 24.6. The number of carbonyl (C=O) groups excluding carboxylic acids is 1. The Balaban J connectivity index is 2.28. The molecule has 1 aromatic carbocycles. The molecule has 0 aliphatic rings. The summed E-state index contributed by atoms with van der Waals surface area (Å²) in [4.78, 5) is 15.4. The van der Waals surface area contributed by atoms with Gasteiger partial charge in [-0.05, 0) is 18.2 Å². The molecule has 0 saturated carbocycles. The standard InChI is InChI=1S/C11H10N4O3S2/c12-3-4-14-10(16)6-20(17,18)11-15-8-2-1-7(13)5-9(8)19-11/h1-2,5H,4,6,13H2,(H,14,16). The van der Waals surface area contributed by atoms with Crippen molar-refractivity contribution in [3.63, 3.8) is 0 Å². The second kappa shape index (κ2) is 5.44. The predicted octanol–water partition coefficient (Wildman–Crippen LogP) is 0.292. The molecule has 0 bridgehead atoms. The van der Waals surface area contributed by atoms with E-state index in [0.29, 0.717) is 15.9 Å². The van der Waals surface area contributed by atoms with Gasteiger partial charge < -0.3 is 11.1 Å². The lowest BCUT2D eigenvalue weighted by molar-refractivity contribution is -0.118. The number of thiazole rings is 1. The molecule has 0 saturated heterocycles. The van der Waals surface area contributed by atoms with E-state index in [-0.39, 0.29) is 10.9 Å². The van der Waals surface area contributed by atoms with Gasteiger partial charge in [-0.15, -0.1) is 11.3 Å². The van der Waals surface area contributed by atoms with Crippen molar-refractivity contribution in [2.24, 2.45) is 0 Å². The van der Waals surface area contributed by atoms with Gasteiger partial charge in [-0.2, -0.15) is 5.26 Å². The van der Waals surface area contributed by atoms with E-state index in [4.69, 9.17) is 11.0 Å². The Morgan fingerprint density at radius 3 is 2.95 bits per heavy atom. The van der Waals surface area contributed by atoms with Crippen molar-refractivity contribution in [1.82, 2.24) is 10.3 Å². The number of nitrogens with one attached hydrogen (secondary N) is 1. The average molecular weight is 310 g/mol. The van der Waals surface area contributed by atoms with E-state index in [0.717, 1.165) is 11.3 Å². The van der Waals surface area contributed by atoms with Crippen LogP contribution in [0.3, 0.4) is 0 Å². The number of benzene rings is 1. The van der Waals surface area contributed by atoms with E-state index in [1.54, 1.807) is 24.3 Å². The molecule has 3 N–H and O–H groups in total. The van der Waals surface area contributed by atoms with Crippen LogP contribution in [0, 0.1) is 11.3 Å². The molecule has 2 rings (SSSR count). The summed E-state index contributed by atoms with van der Waals surface area (Å²) in [6, 6.07) is 6.57. The highest BCUT2D eigenvalue weighted by molar-refractivity contribution is 7.94. The molecule has 0 aliphatic heterocycles. The van der Waals surface area contributed by atoms with Crippen LogP contribution < -0.4 is 11.1 Å². The minimum absolute atomic E-state index is 0.134. The quantitative estimate of drug-likeness (QED) is 0.617. The molecule has 0 unspecified atom stereocenters. The van der Waals surface area contributed by atoms with Gasteiger partial charge in [-0.3, -0.25) is 4.79 Å². The first kappa shape index (κ1) is 14.2. The van der Waals surface area contributed by atoms with Crippen LogP contribution in [0.15, 0.2) is 22.5 Å². The maximum atomic E-state index is 12.0. The molecule has 0 aliphatic carbocycles. The van der Waals surface area contributed by atoms with Crippen molar-refractivity contribution in [1.29, 1.82) is 5.26 Å². The topological polar surface area (TPSA) is 126 Å². The number of anilines is 1. The lowest BCUT2D eigenvalue weighted by atomic mass is 10.3. The summed E-state index contributed by atoms with van der Waals surface area (Å²) in [6.07, 6.45) is 0. The zero-order chi connectivity index (χ0) is 14.8. The minimum atomic E-state index is -3.82. The number of nitrogen functional groups attached to an aromatic ring is 1. The normalized spacial score (nSPS) is 11.2. The SMILES string of the molecule is N#CCNC(=O)CS(=O)(=O)c1nc2ccc(N)cc2s1. The zero-order valence-electron chi connectivity index (χ0n) is 10.2. The number of carbonyl (C=O) groups is 1. The molecular weight excluding hydrogens is 300 g/mol. The number of fused-ring (bicyclic) bond motifs is 1. The summed E-state index contributed by atoms with van der Waals surface area (Å²) in [6.45, 7) is -0.231. The number of nitrogens with zero attached hydrogens (tertiary/aromatic N) is 2. The Morgan fingerprint density at radius 1 is 1.50 bits per heavy atom. The highest BCUT2D eigenvalue weighted by atomic mass is 32.2. The Hall–Kier alpha value is -2.18. The largest absolute Gasteiger partial charge is 0.399 e. The third kappa shape index (κ3) is 3.04. The van der Waals surface area contributed by atoms with Crippen LogP contribution in [0.1, 0.15) is 0 Å². The zero-order valence-corrected chi connectivity index (χ0v) is 11.8. The maximum absolute atomic E-state index is 12.0. The van der Waals surface area contributed by atoms with Gasteiger partial charge in [-0.1, -0.05) is 0 Å². The number of amides is 1. The molecule has 7 nitrogen and oxygen atoms in total. The third-order valence-electron chi connectivity index (χ3n) is 2.34. The van der Waals surface area contributed by atoms with Crippen molar-refractivity contribution in [3.8, 4) is 6.07 Å². The lowest BCUT2D eigenvalue weighted by Crippen LogP contribution is -2.30. The predicted molar refractivity (Wildman–Crippen MR) is 74.7 cm³/mol. The van der Waals surface area contributed by atoms with Crippen LogP contribution in [-0.4, -0.2) is 31.6 Å². The summed E-state index contributed by atoms with van der Waals surface area (Å²) in [5.74, 6) is -1.46. The van der Waals surface area contributed by atoms with E-state index in [1.807, 2.05) is 0 Å². The highest BCUT2D eigenvalue weighted by Crippen LogP contribution is 2.27. The van der Waals surface area contributed by atoms with Gasteiger partial charge in [0.1, 0.15) is 12.3 Å². The van der Waals surface area contributed by atoms with Gasteiger partial charge in [0, 0.05) is 5.69 Å². The molecule has 0 radical (unpaired) electrons. The molecule has 1 heterocycles. The van der Waals surface area contributed by atoms with Crippen molar-refractivity contribution in [3.05, 3.63) is 18.2 Å². The first-order valence-corrected chi connectivity index (χ1v) is 7.92. The van der Waals surface area contributed by atoms with E-state index in [2.05, 4.69) is 10.3 Å². The highest BCUT2D eigenvalue weighted by Gasteiger charge is 2.23. The van der Waals surface area contributed by atoms with Gasteiger partial charge in [0.25, 0.3) is 0 Å². The lowest BCUT2D eigenvalue weighted by Gasteiger charge is -2.00. The van der Waals surface area contributed by atoms with Crippen LogP contribution in [0.2, 0.25) is 0 Å². The smallest absolute Gasteiger partial charge is 0.236 e. The van der Waals surface area contributed by atoms with Crippen molar-refractivity contribution in [2.45, 2.75) is 4.34 Å². The number of hydrogen-bond acceptors (Lipinski definition) is 7. The molecule has 0 spiro atoms. The van der Waals surface area contributed by atoms with Crippen LogP contribution in [-0.2, 0) is 14.6 Å². The summed E-state index contributed by atoms with van der Waals surface area (Å²) >= 11 is 0.960. The molecule has 9 heteroatoms. The van der Waals surface area contributed by atoms with E-state index >= 15 is 0 Å². The Morgan fingerprint density at radius 2 is 2.25 bits per heavy atom. The van der Waals surface area contributed by atoms with Gasteiger partial charge in [-0.25, -0.2) is 13.4 Å². The second-order valence-corrected chi connectivity index (χ2v) is 7.09. The fraction of sp³-hybridized carbons (Fsp3) is 0.182. The number of nitriles is 1. The van der Waals surface area contributed by atoms with Crippen molar-refractivity contribution in [2.75, 3.05) is 18.0 Å². The average Bonchev–Trinajstić information content (AvgIpc) is 2.79. The summed E-state index contributed by atoms with van der Waals surface area (Å²) in [5.41, 5.74) is 6.64. The first-order chi connectivity index (χ1) is 9.42. The molecule has 1 amide bonds. The van der Waals surface area contributed by atoms with Gasteiger partial charge in [0.2, 0.25) is 20.1 Å². The molecule has 2 aromatic rings. The number of nitrogens with two attached hydrogens (primary N) is 1. The van der Waals surface area contributed by atoms with Gasteiger partial charge in [0.15, 0.2) is 0 Å². The maximum Gasteiger partial charge on any atom is 0.236 e. The van der Waals surface area contributed by atoms with E-state index in [9.17, 15) is 13.2 Å². The molecule has 1 aromatic heterocycles. The molecule has 104 valence electrons. The van der Waals surface area contributed by atoms with Crippen LogP contribution >= 0.6 is 11.3 Å². The Kier molecular flexibility index (Phi) is 3.87. The summed E-state index contributed by atoms with van der Waals surface area (Å²) in [5, 5.41) is 10.5. The van der Waals surface area contributed by atoms with E-state index in [1.165, 1.54) is 0 Å². The first-order valence-electron chi connectivity index (χ1n) is 5.45. The van der Waals surface area contributed by atoms with Crippen LogP contribution in [0.4, 0.5) is 5.69 Å². The summed E-state index contributed by atoms with van der Waals surface area (Å²) in [7, 11) is -3.82. The van der Waals surface area contributed by atoms with Crippen LogP contribution in [0.25, 0.3) is 10.2 Å². The van der Waals surface area contributed by atoms with Gasteiger partial charge >= 0.3 is 0 Å². The molecule has 20 heavy (non-hydrogen) atoms. The number of aromatic nitrogens is 1. The van der Waals surface area contributed by atoms with Crippen LogP contribution in [0.5, 0.6) is 0 Å². The van der Waals surface area contributed by atoms with E-state index < -0.39 is 21.5 Å². The number of sulfone groups is 1. The number of rotatable bonds is 4. The minimum Gasteiger partial charge on any atom is -0.399 e. The monoisotopic (exact) mass is 310 g/mol. The van der Waals surface area contributed by atoms with Crippen molar-refractivity contribution < 1.29 is 13.2 Å². The number of hydrogen-bond donors (Lipinski definition) is 2. The molecular formula is C11H10N4O3S2. The fourth-order valence-corrected chi connectivity index (χ4v) is 3.98. The Labute approximate surface area is 119 Å². The second-order valence-electron chi connectivity index (χ2n) is 3.90. The van der Waals surface area contributed by atoms with Gasteiger partial charge in [0.05, 0.1) is 16.3 Å². The molecule has 0 atom stereocenters. The fourth-order valence-electron chi connectivity index (χ4n) is 1.48. The van der Waals surface area contributed by atoms with Crippen molar-refractivity contribution >= 4 is 43.0 Å². The third-order valence-corrected chi connectivity index (χ3v) is 5.43. The molecule has 0 fully saturated rings. The Bertz CT molecular complexity index is 805.